The predicted molar refractivity (Wildman–Crippen MR) is 77.3 cm³/mol. The Morgan fingerprint density at radius 3 is 2.52 bits per heavy atom. The number of aromatic nitrogens is 1. The molecule has 1 aromatic carbocycles. The summed E-state index contributed by atoms with van der Waals surface area (Å²) in [4.78, 5) is 26.9. The quantitative estimate of drug-likeness (QED) is 0.594. The summed E-state index contributed by atoms with van der Waals surface area (Å²) in [6, 6.07) is 4.82. The van der Waals surface area contributed by atoms with Crippen molar-refractivity contribution in [1.82, 2.24) is 4.98 Å². The van der Waals surface area contributed by atoms with Crippen molar-refractivity contribution in [3.8, 4) is 5.75 Å². The number of phenolic OH excluding ortho intramolecular Hbond substituents is 1. The van der Waals surface area contributed by atoms with Crippen LogP contribution in [0.4, 0.5) is 5.69 Å². The van der Waals surface area contributed by atoms with Gasteiger partial charge in [-0.25, -0.2) is 9.78 Å². The Bertz CT molecular complexity index is 734. The highest BCUT2D eigenvalue weighted by Crippen LogP contribution is 2.24. The first kappa shape index (κ1) is 15.1. The van der Waals surface area contributed by atoms with Gasteiger partial charge in [-0.3, -0.25) is 4.79 Å². The monoisotopic (exact) mass is 326 g/mol. The predicted octanol–water partition coefficient (Wildman–Crippen LogP) is 3.04. The van der Waals surface area contributed by atoms with Crippen molar-refractivity contribution in [2.45, 2.75) is 0 Å². The molecule has 0 aliphatic rings. The van der Waals surface area contributed by atoms with Gasteiger partial charge in [0.2, 0.25) is 0 Å². The number of nitrogens with one attached hydrogen (secondary N) is 1. The maximum atomic E-state index is 12.1. The lowest BCUT2D eigenvalue weighted by Crippen LogP contribution is -2.15. The van der Waals surface area contributed by atoms with Crippen LogP contribution in [-0.2, 0) is 0 Å². The largest absolute Gasteiger partial charge is 0.508 e. The smallest absolute Gasteiger partial charge is 0.337 e. The molecule has 2 rings (SSSR count). The second-order valence-corrected chi connectivity index (χ2v) is 4.77. The number of hydrogen-bond donors (Lipinski definition) is 3. The van der Waals surface area contributed by atoms with Crippen molar-refractivity contribution in [2.24, 2.45) is 0 Å². The van der Waals surface area contributed by atoms with Crippen LogP contribution in [-0.4, -0.2) is 27.1 Å². The molecule has 0 saturated heterocycles. The Morgan fingerprint density at radius 1 is 1.14 bits per heavy atom. The van der Waals surface area contributed by atoms with Gasteiger partial charge in [0.15, 0.2) is 0 Å². The Kier molecular flexibility index (Phi) is 4.30. The maximum absolute atomic E-state index is 12.1. The van der Waals surface area contributed by atoms with Gasteiger partial charge in [-0.15, -0.1) is 0 Å². The van der Waals surface area contributed by atoms with E-state index in [0.29, 0.717) is 0 Å². The van der Waals surface area contributed by atoms with E-state index in [9.17, 15) is 14.7 Å². The Hall–Kier alpha value is -2.31. The van der Waals surface area contributed by atoms with E-state index in [-0.39, 0.29) is 32.7 Å². The van der Waals surface area contributed by atoms with Gasteiger partial charge < -0.3 is 15.5 Å². The standard InChI is InChI=1S/C13H8Cl2N2O4/c14-9-5-16-11(15)4-7(9)12(19)17-10-2-1-6(18)3-8(10)13(20)21/h1-5,18H,(H,17,19)(H,20,21). The number of nitrogens with zero attached hydrogens (tertiary/aromatic N) is 1. The van der Waals surface area contributed by atoms with Crippen LogP contribution in [0, 0.1) is 0 Å². The van der Waals surface area contributed by atoms with Gasteiger partial charge in [-0.05, 0) is 24.3 Å². The Morgan fingerprint density at radius 2 is 1.86 bits per heavy atom. The molecule has 0 aliphatic carbocycles. The average molecular weight is 327 g/mol. The molecule has 2 aromatic rings. The highest BCUT2D eigenvalue weighted by atomic mass is 35.5. The van der Waals surface area contributed by atoms with E-state index in [1.807, 2.05) is 0 Å². The average Bonchev–Trinajstić information content (AvgIpc) is 2.43. The van der Waals surface area contributed by atoms with Crippen LogP contribution in [0.2, 0.25) is 10.2 Å². The van der Waals surface area contributed by atoms with Gasteiger partial charge in [-0.1, -0.05) is 23.2 Å². The van der Waals surface area contributed by atoms with E-state index in [4.69, 9.17) is 28.3 Å². The molecule has 0 radical (unpaired) electrons. The molecular formula is C13H8Cl2N2O4. The Labute approximate surface area is 129 Å². The number of pyridine rings is 1. The van der Waals surface area contributed by atoms with Crippen LogP contribution in [0.25, 0.3) is 0 Å². The molecule has 3 N–H and O–H groups in total. The minimum atomic E-state index is -1.29. The molecular weight excluding hydrogens is 319 g/mol. The number of aromatic hydroxyl groups is 1. The summed E-state index contributed by atoms with van der Waals surface area (Å²) in [6.07, 6.45) is 1.22. The second kappa shape index (κ2) is 5.99. The second-order valence-electron chi connectivity index (χ2n) is 3.98. The summed E-state index contributed by atoms with van der Waals surface area (Å²) in [5.41, 5.74) is -0.171. The fourth-order valence-corrected chi connectivity index (χ4v) is 1.94. The number of phenols is 1. The zero-order chi connectivity index (χ0) is 15.6. The number of amides is 1. The molecule has 108 valence electrons. The van der Waals surface area contributed by atoms with Crippen LogP contribution in [0.1, 0.15) is 20.7 Å². The molecule has 0 spiro atoms. The number of anilines is 1. The minimum Gasteiger partial charge on any atom is -0.508 e. The lowest BCUT2D eigenvalue weighted by Gasteiger charge is -2.10. The molecule has 0 bridgehead atoms. The molecule has 0 unspecified atom stereocenters. The van der Waals surface area contributed by atoms with Crippen LogP contribution >= 0.6 is 23.2 Å². The van der Waals surface area contributed by atoms with Crippen molar-refractivity contribution in [3.05, 3.63) is 51.8 Å². The van der Waals surface area contributed by atoms with Gasteiger partial charge in [0.1, 0.15) is 10.9 Å². The molecule has 0 aliphatic heterocycles. The van der Waals surface area contributed by atoms with Gasteiger partial charge in [-0.2, -0.15) is 0 Å². The van der Waals surface area contributed by atoms with Crippen molar-refractivity contribution in [2.75, 3.05) is 5.32 Å². The van der Waals surface area contributed by atoms with Crippen molar-refractivity contribution < 1.29 is 19.8 Å². The van der Waals surface area contributed by atoms with Gasteiger partial charge in [0.05, 0.1) is 21.8 Å². The van der Waals surface area contributed by atoms with Gasteiger partial charge >= 0.3 is 5.97 Å². The first-order valence-corrected chi connectivity index (χ1v) is 6.33. The van der Waals surface area contributed by atoms with E-state index in [1.165, 1.54) is 24.4 Å². The summed E-state index contributed by atoms with van der Waals surface area (Å²) in [7, 11) is 0. The SMILES string of the molecule is O=C(Nc1ccc(O)cc1C(=O)O)c1cc(Cl)ncc1Cl. The number of carboxylic acids is 1. The number of hydrogen-bond acceptors (Lipinski definition) is 4. The topological polar surface area (TPSA) is 99.5 Å². The molecule has 1 amide bonds. The number of aromatic carboxylic acids is 1. The normalized spacial score (nSPS) is 10.2. The number of benzene rings is 1. The summed E-state index contributed by atoms with van der Waals surface area (Å²) in [6.45, 7) is 0. The van der Waals surface area contributed by atoms with Crippen LogP contribution < -0.4 is 5.32 Å². The fourth-order valence-electron chi connectivity index (χ4n) is 1.60. The summed E-state index contributed by atoms with van der Waals surface area (Å²) in [5, 5.41) is 20.9. The van der Waals surface area contributed by atoms with E-state index in [2.05, 4.69) is 10.3 Å². The molecule has 1 heterocycles. The third-order valence-corrected chi connectivity index (χ3v) is 3.06. The molecule has 21 heavy (non-hydrogen) atoms. The maximum Gasteiger partial charge on any atom is 0.337 e. The van der Waals surface area contributed by atoms with Crippen LogP contribution in [0.3, 0.4) is 0 Å². The highest BCUT2D eigenvalue weighted by Gasteiger charge is 2.16. The van der Waals surface area contributed by atoms with Crippen LogP contribution in [0.5, 0.6) is 5.75 Å². The van der Waals surface area contributed by atoms with Crippen LogP contribution in [0.15, 0.2) is 30.5 Å². The molecule has 6 nitrogen and oxygen atoms in total. The zero-order valence-electron chi connectivity index (χ0n) is 10.3. The van der Waals surface area contributed by atoms with E-state index in [1.54, 1.807) is 0 Å². The van der Waals surface area contributed by atoms with Gasteiger partial charge in [0, 0.05) is 6.20 Å². The number of carboxylic acid groups (broad SMARTS) is 1. The molecule has 0 fully saturated rings. The lowest BCUT2D eigenvalue weighted by molar-refractivity contribution is 0.0697. The number of halogens is 2. The van der Waals surface area contributed by atoms with E-state index >= 15 is 0 Å². The summed E-state index contributed by atoms with van der Waals surface area (Å²) < 4.78 is 0. The summed E-state index contributed by atoms with van der Waals surface area (Å²) in [5.74, 6) is -2.16. The van der Waals surface area contributed by atoms with E-state index in [0.717, 1.165) is 6.07 Å². The zero-order valence-corrected chi connectivity index (χ0v) is 11.8. The third kappa shape index (κ3) is 3.42. The first-order valence-electron chi connectivity index (χ1n) is 5.57. The number of carbonyl (C=O) groups excluding carboxylic acids is 1. The first-order chi connectivity index (χ1) is 9.88. The Balaban J connectivity index is 2.36. The fraction of sp³-hybridized carbons (Fsp3) is 0. The lowest BCUT2D eigenvalue weighted by atomic mass is 10.1. The van der Waals surface area contributed by atoms with Gasteiger partial charge in [0.25, 0.3) is 5.91 Å². The molecule has 1 aromatic heterocycles. The third-order valence-electron chi connectivity index (χ3n) is 2.55. The molecule has 0 saturated carbocycles. The molecule has 0 atom stereocenters. The van der Waals surface area contributed by atoms with E-state index < -0.39 is 11.9 Å². The number of carbonyl (C=O) groups is 2. The number of rotatable bonds is 3. The summed E-state index contributed by atoms with van der Waals surface area (Å²) >= 11 is 11.5. The van der Waals surface area contributed by atoms with Crippen molar-refractivity contribution in [1.29, 1.82) is 0 Å². The van der Waals surface area contributed by atoms with Crippen molar-refractivity contribution in [3.63, 3.8) is 0 Å². The molecule has 8 heteroatoms. The van der Waals surface area contributed by atoms with Crippen molar-refractivity contribution >= 4 is 40.8 Å². The minimum absolute atomic E-state index is 0.0225. The highest BCUT2D eigenvalue weighted by molar-refractivity contribution is 6.35.